The third-order valence-corrected chi connectivity index (χ3v) is 5.71. The number of hydrogen-bond acceptors (Lipinski definition) is 3. The van der Waals surface area contributed by atoms with E-state index in [-0.39, 0.29) is 24.3 Å². The first-order valence-corrected chi connectivity index (χ1v) is 9.89. The van der Waals surface area contributed by atoms with Gasteiger partial charge in [0.25, 0.3) is 0 Å². The number of benzene rings is 1. The lowest BCUT2D eigenvalue weighted by Gasteiger charge is -2.28. The molecule has 3 atom stereocenters. The summed E-state index contributed by atoms with van der Waals surface area (Å²) in [7, 11) is 0. The van der Waals surface area contributed by atoms with Crippen LogP contribution in [0.5, 0.6) is 0 Å². The quantitative estimate of drug-likeness (QED) is 0.832. The van der Waals surface area contributed by atoms with Crippen LogP contribution >= 0.6 is 0 Å². The number of rotatable bonds is 5. The lowest BCUT2D eigenvalue weighted by Crippen LogP contribution is -2.46. The van der Waals surface area contributed by atoms with Crippen LogP contribution in [-0.4, -0.2) is 40.4 Å². The summed E-state index contributed by atoms with van der Waals surface area (Å²) in [5.74, 6) is -1.98. The van der Waals surface area contributed by atoms with Crippen molar-refractivity contribution in [1.82, 2.24) is 10.2 Å². The van der Waals surface area contributed by atoms with Crippen molar-refractivity contribution >= 4 is 17.8 Å². The molecule has 3 unspecified atom stereocenters. The average molecular weight is 372 g/mol. The Labute approximate surface area is 159 Å². The molecule has 1 aromatic rings. The van der Waals surface area contributed by atoms with E-state index in [9.17, 15) is 19.5 Å². The van der Waals surface area contributed by atoms with Crippen LogP contribution in [0.25, 0.3) is 0 Å². The summed E-state index contributed by atoms with van der Waals surface area (Å²) < 4.78 is 0. The van der Waals surface area contributed by atoms with Crippen molar-refractivity contribution in [1.29, 1.82) is 0 Å². The molecule has 0 aromatic heterocycles. The molecular formula is C21H28N2O4. The largest absolute Gasteiger partial charge is 0.481 e. The molecule has 0 radical (unpaired) electrons. The van der Waals surface area contributed by atoms with E-state index >= 15 is 0 Å². The van der Waals surface area contributed by atoms with Gasteiger partial charge in [-0.25, -0.2) is 0 Å². The molecule has 1 aliphatic carbocycles. The Morgan fingerprint density at radius 2 is 1.78 bits per heavy atom. The maximum Gasteiger partial charge on any atom is 0.308 e. The van der Waals surface area contributed by atoms with Crippen LogP contribution in [0.15, 0.2) is 30.3 Å². The van der Waals surface area contributed by atoms with Crippen molar-refractivity contribution < 1.29 is 19.5 Å². The first kappa shape index (κ1) is 19.4. The first-order chi connectivity index (χ1) is 13.0. The van der Waals surface area contributed by atoms with Crippen LogP contribution in [0.4, 0.5) is 0 Å². The van der Waals surface area contributed by atoms with E-state index < -0.39 is 17.8 Å². The van der Waals surface area contributed by atoms with E-state index in [1.165, 1.54) is 0 Å². The number of nitrogens with one attached hydrogen (secondary N) is 1. The minimum atomic E-state index is -0.838. The molecule has 2 aliphatic rings. The molecule has 1 aromatic carbocycles. The third kappa shape index (κ3) is 5.08. The predicted molar refractivity (Wildman–Crippen MR) is 101 cm³/mol. The van der Waals surface area contributed by atoms with Gasteiger partial charge in [0.2, 0.25) is 11.8 Å². The molecule has 2 N–H and O–H groups in total. The van der Waals surface area contributed by atoms with Crippen molar-refractivity contribution in [3.63, 3.8) is 0 Å². The van der Waals surface area contributed by atoms with Gasteiger partial charge in [-0.1, -0.05) is 56.0 Å². The number of carboxylic acid groups (broad SMARTS) is 1. The van der Waals surface area contributed by atoms with Gasteiger partial charge in [0.1, 0.15) is 0 Å². The Kier molecular flexibility index (Phi) is 6.48. The molecular weight excluding hydrogens is 344 g/mol. The van der Waals surface area contributed by atoms with Gasteiger partial charge < -0.3 is 15.3 Å². The Balaban J connectivity index is 1.59. The van der Waals surface area contributed by atoms with E-state index in [0.717, 1.165) is 31.2 Å². The number of aliphatic carboxylic acids is 1. The van der Waals surface area contributed by atoms with Crippen LogP contribution in [0.3, 0.4) is 0 Å². The van der Waals surface area contributed by atoms with Gasteiger partial charge in [-0.2, -0.15) is 0 Å². The van der Waals surface area contributed by atoms with Gasteiger partial charge >= 0.3 is 5.97 Å². The summed E-state index contributed by atoms with van der Waals surface area (Å²) in [6.07, 6.45) is 5.43. The van der Waals surface area contributed by atoms with Crippen molar-refractivity contribution in [3.05, 3.63) is 35.9 Å². The van der Waals surface area contributed by atoms with E-state index in [4.69, 9.17) is 0 Å². The smallest absolute Gasteiger partial charge is 0.308 e. The zero-order valence-corrected chi connectivity index (χ0v) is 15.6. The first-order valence-electron chi connectivity index (χ1n) is 9.89. The molecule has 0 bridgehead atoms. The van der Waals surface area contributed by atoms with Gasteiger partial charge in [0.05, 0.1) is 11.8 Å². The van der Waals surface area contributed by atoms with Gasteiger partial charge in [0, 0.05) is 25.6 Å². The normalized spacial score (nSPS) is 26.3. The lowest BCUT2D eigenvalue weighted by atomic mass is 9.86. The Morgan fingerprint density at radius 1 is 1.07 bits per heavy atom. The molecule has 0 spiro atoms. The van der Waals surface area contributed by atoms with Gasteiger partial charge in [0.15, 0.2) is 0 Å². The molecule has 27 heavy (non-hydrogen) atoms. The van der Waals surface area contributed by atoms with Gasteiger partial charge in [-0.15, -0.1) is 0 Å². The number of hydrogen-bond donors (Lipinski definition) is 2. The zero-order chi connectivity index (χ0) is 19.2. The summed E-state index contributed by atoms with van der Waals surface area (Å²) in [6.45, 7) is 0.897. The van der Waals surface area contributed by atoms with Crippen LogP contribution in [0.2, 0.25) is 0 Å². The Hall–Kier alpha value is -2.37. The van der Waals surface area contributed by atoms with Crippen LogP contribution in [0, 0.1) is 11.8 Å². The molecule has 6 heteroatoms. The maximum absolute atomic E-state index is 12.7. The number of amides is 2. The zero-order valence-electron chi connectivity index (χ0n) is 15.6. The van der Waals surface area contributed by atoms with Crippen LogP contribution in [-0.2, 0) is 20.9 Å². The van der Waals surface area contributed by atoms with Crippen molar-refractivity contribution in [2.45, 2.75) is 57.5 Å². The van der Waals surface area contributed by atoms with Gasteiger partial charge in [-0.3, -0.25) is 14.4 Å². The molecule has 1 heterocycles. The number of carbonyl (C=O) groups is 3. The number of carbonyl (C=O) groups excluding carboxylic acids is 2. The standard InChI is InChI=1S/C21H28N2O4/c24-19-12-16(14-23(19)13-15-8-4-3-5-9-15)20(25)22-18-11-7-2-1-6-10-17(18)21(26)27/h3-5,8-9,16-18H,1-2,6-7,10-14H2,(H,22,25)(H,26,27). The number of carboxylic acids is 1. The number of nitrogens with zero attached hydrogens (tertiary/aromatic N) is 1. The molecule has 1 aliphatic heterocycles. The minimum absolute atomic E-state index is 0.0218. The molecule has 2 amide bonds. The third-order valence-electron chi connectivity index (χ3n) is 5.71. The van der Waals surface area contributed by atoms with Crippen LogP contribution in [0.1, 0.15) is 50.5 Å². The predicted octanol–water partition coefficient (Wildman–Crippen LogP) is 2.57. The fraction of sp³-hybridized carbons (Fsp3) is 0.571. The summed E-state index contributed by atoms with van der Waals surface area (Å²) in [5, 5.41) is 12.5. The summed E-state index contributed by atoms with van der Waals surface area (Å²) in [6, 6.07) is 9.38. The minimum Gasteiger partial charge on any atom is -0.481 e. The molecule has 1 saturated carbocycles. The fourth-order valence-electron chi connectivity index (χ4n) is 4.16. The molecule has 1 saturated heterocycles. The van der Waals surface area contributed by atoms with E-state index in [0.29, 0.717) is 25.9 Å². The fourth-order valence-corrected chi connectivity index (χ4v) is 4.16. The topological polar surface area (TPSA) is 86.7 Å². The average Bonchev–Trinajstić information content (AvgIpc) is 2.98. The SMILES string of the molecule is O=C(NC1CCCCCCC1C(=O)O)C1CC(=O)N(Cc2ccccc2)C1. The lowest BCUT2D eigenvalue weighted by molar-refractivity contribution is -0.144. The molecule has 2 fully saturated rings. The summed E-state index contributed by atoms with van der Waals surface area (Å²) in [5.41, 5.74) is 1.04. The van der Waals surface area contributed by atoms with Crippen molar-refractivity contribution in [3.8, 4) is 0 Å². The van der Waals surface area contributed by atoms with Crippen molar-refractivity contribution in [2.75, 3.05) is 6.54 Å². The maximum atomic E-state index is 12.7. The highest BCUT2D eigenvalue weighted by Crippen LogP contribution is 2.25. The highest BCUT2D eigenvalue weighted by Gasteiger charge is 2.37. The van der Waals surface area contributed by atoms with Gasteiger partial charge in [-0.05, 0) is 18.4 Å². The van der Waals surface area contributed by atoms with E-state index in [1.54, 1.807) is 4.90 Å². The second-order valence-electron chi connectivity index (χ2n) is 7.71. The number of likely N-dealkylation sites (tertiary alicyclic amines) is 1. The summed E-state index contributed by atoms with van der Waals surface area (Å²) >= 11 is 0. The monoisotopic (exact) mass is 372 g/mol. The van der Waals surface area contributed by atoms with E-state index in [1.807, 2.05) is 30.3 Å². The highest BCUT2D eigenvalue weighted by molar-refractivity contribution is 5.89. The summed E-state index contributed by atoms with van der Waals surface area (Å²) in [4.78, 5) is 38.4. The Morgan fingerprint density at radius 3 is 2.48 bits per heavy atom. The van der Waals surface area contributed by atoms with Crippen molar-refractivity contribution in [2.24, 2.45) is 11.8 Å². The highest BCUT2D eigenvalue weighted by atomic mass is 16.4. The second-order valence-corrected chi connectivity index (χ2v) is 7.71. The molecule has 6 nitrogen and oxygen atoms in total. The molecule has 3 rings (SSSR count). The Bertz CT molecular complexity index is 676. The molecule has 146 valence electrons. The van der Waals surface area contributed by atoms with E-state index in [2.05, 4.69) is 5.32 Å². The second kappa shape index (κ2) is 9.02. The van der Waals surface area contributed by atoms with Crippen LogP contribution < -0.4 is 5.32 Å².